The molecule has 2 aromatic carbocycles. The standard InChI is InChI=1S/C25H24N4O3/c1-14-23-16(3)29(17(4)24(23)15(2)28-27-14)20-8-6-19(7-9-20)25(30)26-12-18-5-10-21-22(11-18)32-13-31-21/h5-11H,12-13H2,1-4H3,(H,26,30). The van der Waals surface area contributed by atoms with Gasteiger partial charge in [-0.05, 0) is 69.7 Å². The molecule has 0 spiro atoms. The fourth-order valence-electron chi connectivity index (χ4n) is 4.46. The Hall–Kier alpha value is -3.87. The van der Waals surface area contributed by atoms with E-state index in [9.17, 15) is 4.79 Å². The fraction of sp³-hybridized carbons (Fsp3) is 0.240. The number of nitrogens with one attached hydrogen (secondary N) is 1. The van der Waals surface area contributed by atoms with Crippen LogP contribution in [0.4, 0.5) is 0 Å². The number of carbonyl (C=O) groups excluding carboxylic acids is 1. The van der Waals surface area contributed by atoms with Crippen molar-refractivity contribution in [3.63, 3.8) is 0 Å². The van der Waals surface area contributed by atoms with Gasteiger partial charge in [0, 0.05) is 40.0 Å². The predicted molar refractivity (Wildman–Crippen MR) is 122 cm³/mol. The van der Waals surface area contributed by atoms with E-state index in [0.717, 1.165) is 50.5 Å². The Bertz CT molecular complexity index is 1310. The lowest BCUT2D eigenvalue weighted by Crippen LogP contribution is -2.22. The molecule has 162 valence electrons. The SMILES string of the molecule is Cc1nnc(C)c2c(C)n(-c3ccc(C(=O)NCc4ccc5c(c4)OCO5)cc3)c(C)c12. The number of carbonyl (C=O) groups is 1. The number of hydrogen-bond acceptors (Lipinski definition) is 5. The van der Waals surface area contributed by atoms with Crippen LogP contribution in [0.25, 0.3) is 16.5 Å². The molecule has 1 amide bonds. The summed E-state index contributed by atoms with van der Waals surface area (Å²) in [6, 6.07) is 13.3. The van der Waals surface area contributed by atoms with Crippen LogP contribution in [0, 0.1) is 27.7 Å². The first-order valence-corrected chi connectivity index (χ1v) is 10.5. The first kappa shape index (κ1) is 20.1. The van der Waals surface area contributed by atoms with Gasteiger partial charge >= 0.3 is 0 Å². The van der Waals surface area contributed by atoms with E-state index < -0.39 is 0 Å². The van der Waals surface area contributed by atoms with Gasteiger partial charge in [0.2, 0.25) is 6.79 Å². The highest BCUT2D eigenvalue weighted by Gasteiger charge is 2.18. The van der Waals surface area contributed by atoms with Gasteiger partial charge in [-0.15, -0.1) is 0 Å². The average Bonchev–Trinajstić information content (AvgIpc) is 3.37. The summed E-state index contributed by atoms with van der Waals surface area (Å²) >= 11 is 0. The first-order chi connectivity index (χ1) is 15.4. The molecule has 0 bridgehead atoms. The van der Waals surface area contributed by atoms with Crippen LogP contribution in [-0.4, -0.2) is 27.5 Å². The Morgan fingerprint density at radius 1 is 0.906 bits per heavy atom. The fourth-order valence-corrected chi connectivity index (χ4v) is 4.46. The Balaban J connectivity index is 1.37. The van der Waals surface area contributed by atoms with Crippen molar-refractivity contribution in [1.82, 2.24) is 20.1 Å². The molecule has 1 N–H and O–H groups in total. The summed E-state index contributed by atoms with van der Waals surface area (Å²) in [5.74, 6) is 1.32. The van der Waals surface area contributed by atoms with Gasteiger partial charge in [-0.25, -0.2) is 0 Å². The summed E-state index contributed by atoms with van der Waals surface area (Å²) < 4.78 is 12.9. The van der Waals surface area contributed by atoms with Crippen LogP contribution >= 0.6 is 0 Å². The van der Waals surface area contributed by atoms with E-state index in [1.54, 1.807) is 0 Å². The van der Waals surface area contributed by atoms with E-state index in [4.69, 9.17) is 9.47 Å². The van der Waals surface area contributed by atoms with Gasteiger partial charge in [0.15, 0.2) is 11.5 Å². The van der Waals surface area contributed by atoms with Crippen molar-refractivity contribution in [1.29, 1.82) is 0 Å². The van der Waals surface area contributed by atoms with Crippen LogP contribution in [-0.2, 0) is 6.54 Å². The highest BCUT2D eigenvalue weighted by molar-refractivity contribution is 5.95. The van der Waals surface area contributed by atoms with E-state index in [1.807, 2.05) is 56.3 Å². The summed E-state index contributed by atoms with van der Waals surface area (Å²) in [4.78, 5) is 12.7. The zero-order valence-corrected chi connectivity index (χ0v) is 18.5. The summed E-state index contributed by atoms with van der Waals surface area (Å²) in [6.07, 6.45) is 0. The zero-order valence-electron chi connectivity index (χ0n) is 18.5. The predicted octanol–water partition coefficient (Wildman–Crippen LogP) is 4.31. The number of rotatable bonds is 4. The van der Waals surface area contributed by atoms with E-state index in [1.165, 1.54) is 0 Å². The number of hydrogen-bond donors (Lipinski definition) is 1. The molecule has 5 rings (SSSR count). The molecule has 1 aliphatic heterocycles. The van der Waals surface area contributed by atoms with Crippen LogP contribution in [0.1, 0.15) is 38.7 Å². The van der Waals surface area contributed by atoms with Crippen LogP contribution in [0.15, 0.2) is 42.5 Å². The molecule has 0 atom stereocenters. The van der Waals surface area contributed by atoms with Gasteiger partial charge in [-0.3, -0.25) is 4.79 Å². The molecule has 0 saturated heterocycles. The van der Waals surface area contributed by atoms with E-state index in [2.05, 4.69) is 33.9 Å². The van der Waals surface area contributed by atoms with Gasteiger partial charge in [-0.2, -0.15) is 10.2 Å². The maximum Gasteiger partial charge on any atom is 0.251 e. The second-order valence-corrected chi connectivity index (χ2v) is 8.04. The molecule has 7 heteroatoms. The monoisotopic (exact) mass is 428 g/mol. The third kappa shape index (κ3) is 3.26. The van der Waals surface area contributed by atoms with Gasteiger partial charge < -0.3 is 19.4 Å². The average molecular weight is 428 g/mol. The lowest BCUT2D eigenvalue weighted by molar-refractivity contribution is 0.0951. The molecule has 4 aromatic rings. The Kier molecular flexibility index (Phi) is 4.81. The van der Waals surface area contributed by atoms with Crippen molar-refractivity contribution in [3.8, 4) is 17.2 Å². The van der Waals surface area contributed by atoms with E-state index in [0.29, 0.717) is 17.9 Å². The van der Waals surface area contributed by atoms with Crippen molar-refractivity contribution in [3.05, 3.63) is 76.4 Å². The van der Waals surface area contributed by atoms with E-state index in [-0.39, 0.29) is 12.7 Å². The number of amides is 1. The number of nitrogens with zero attached hydrogens (tertiary/aromatic N) is 3. The molecule has 0 saturated carbocycles. The second-order valence-electron chi connectivity index (χ2n) is 8.04. The topological polar surface area (TPSA) is 78.3 Å². The summed E-state index contributed by atoms with van der Waals surface area (Å²) in [5, 5.41) is 13.8. The molecule has 1 aliphatic rings. The summed E-state index contributed by atoms with van der Waals surface area (Å²) in [6.45, 7) is 8.81. The van der Waals surface area contributed by atoms with Gasteiger partial charge in [0.25, 0.3) is 5.91 Å². The normalized spacial score (nSPS) is 12.4. The Morgan fingerprint density at radius 3 is 2.19 bits per heavy atom. The highest BCUT2D eigenvalue weighted by Crippen LogP contribution is 2.33. The van der Waals surface area contributed by atoms with Gasteiger partial charge in [-0.1, -0.05) is 6.07 Å². The molecule has 0 aliphatic carbocycles. The molecule has 32 heavy (non-hydrogen) atoms. The highest BCUT2D eigenvalue weighted by atomic mass is 16.7. The number of benzene rings is 2. The summed E-state index contributed by atoms with van der Waals surface area (Å²) in [7, 11) is 0. The lowest BCUT2D eigenvalue weighted by Gasteiger charge is -2.11. The van der Waals surface area contributed by atoms with Crippen molar-refractivity contribution in [2.24, 2.45) is 0 Å². The lowest BCUT2D eigenvalue weighted by atomic mass is 10.1. The second kappa shape index (κ2) is 7.67. The van der Waals surface area contributed by atoms with E-state index >= 15 is 0 Å². The first-order valence-electron chi connectivity index (χ1n) is 10.5. The van der Waals surface area contributed by atoms with Crippen LogP contribution < -0.4 is 14.8 Å². The van der Waals surface area contributed by atoms with Crippen molar-refractivity contribution in [2.45, 2.75) is 34.2 Å². The number of aromatic nitrogens is 3. The maximum absolute atomic E-state index is 12.7. The quantitative estimate of drug-likeness (QED) is 0.524. The van der Waals surface area contributed by atoms with Crippen molar-refractivity contribution < 1.29 is 14.3 Å². The number of fused-ring (bicyclic) bond motifs is 2. The van der Waals surface area contributed by atoms with Crippen LogP contribution in [0.5, 0.6) is 11.5 Å². The zero-order chi connectivity index (χ0) is 22.4. The molecule has 3 heterocycles. The number of aryl methyl sites for hydroxylation is 4. The third-order valence-corrected chi connectivity index (χ3v) is 6.00. The molecule has 0 unspecified atom stereocenters. The molecular weight excluding hydrogens is 404 g/mol. The smallest absolute Gasteiger partial charge is 0.251 e. The third-order valence-electron chi connectivity index (χ3n) is 6.00. The molecule has 0 fully saturated rings. The molecular formula is C25H24N4O3. The Labute approximate surface area is 186 Å². The van der Waals surface area contributed by atoms with Crippen LogP contribution in [0.3, 0.4) is 0 Å². The molecule has 0 radical (unpaired) electrons. The minimum absolute atomic E-state index is 0.125. The minimum atomic E-state index is -0.125. The molecule has 2 aromatic heterocycles. The largest absolute Gasteiger partial charge is 0.454 e. The Morgan fingerprint density at radius 2 is 1.53 bits per heavy atom. The summed E-state index contributed by atoms with van der Waals surface area (Å²) in [5.41, 5.74) is 6.65. The van der Waals surface area contributed by atoms with Crippen molar-refractivity contribution in [2.75, 3.05) is 6.79 Å². The minimum Gasteiger partial charge on any atom is -0.454 e. The van der Waals surface area contributed by atoms with Gasteiger partial charge in [0.05, 0.1) is 11.4 Å². The van der Waals surface area contributed by atoms with Crippen molar-refractivity contribution >= 4 is 16.7 Å². The maximum atomic E-state index is 12.7. The van der Waals surface area contributed by atoms with Crippen LogP contribution in [0.2, 0.25) is 0 Å². The van der Waals surface area contributed by atoms with Gasteiger partial charge in [0.1, 0.15) is 0 Å². The molecule has 7 nitrogen and oxygen atoms in total. The number of ether oxygens (including phenoxy) is 2.